The zero-order valence-electron chi connectivity index (χ0n) is 14.6. The highest BCUT2D eigenvalue weighted by Gasteiger charge is 2.33. The molecule has 3 heterocycles. The van der Waals surface area contributed by atoms with Crippen LogP contribution in [0.25, 0.3) is 0 Å². The lowest BCUT2D eigenvalue weighted by Crippen LogP contribution is -2.47. The van der Waals surface area contributed by atoms with Gasteiger partial charge in [0.2, 0.25) is 11.9 Å². The minimum absolute atomic E-state index is 0.129. The minimum atomic E-state index is -0.129. The summed E-state index contributed by atoms with van der Waals surface area (Å²) in [6.07, 6.45) is 5.95. The Morgan fingerprint density at radius 3 is 2.48 bits per heavy atom. The summed E-state index contributed by atoms with van der Waals surface area (Å²) in [6.45, 7) is 9.09. The zero-order chi connectivity index (χ0) is 16.4. The van der Waals surface area contributed by atoms with Crippen LogP contribution in [0.1, 0.15) is 58.7 Å². The first-order valence-electron chi connectivity index (χ1n) is 8.81. The summed E-state index contributed by atoms with van der Waals surface area (Å²) in [5.74, 6) is 2.53. The van der Waals surface area contributed by atoms with Gasteiger partial charge in [-0.05, 0) is 38.0 Å². The van der Waals surface area contributed by atoms with E-state index in [9.17, 15) is 0 Å². The first kappa shape index (κ1) is 16.4. The van der Waals surface area contributed by atoms with Gasteiger partial charge in [-0.3, -0.25) is 0 Å². The van der Waals surface area contributed by atoms with Gasteiger partial charge in [0.05, 0.1) is 0 Å². The molecular weight excluding hydrogens is 290 g/mol. The molecule has 2 aliphatic rings. The van der Waals surface area contributed by atoms with Crippen LogP contribution in [0.5, 0.6) is 0 Å². The molecule has 0 radical (unpaired) electrons. The van der Waals surface area contributed by atoms with Crippen LogP contribution in [-0.4, -0.2) is 40.8 Å². The van der Waals surface area contributed by atoms with Crippen LogP contribution >= 0.6 is 0 Å². The summed E-state index contributed by atoms with van der Waals surface area (Å²) in [5, 5.41) is 0. The lowest BCUT2D eigenvalue weighted by molar-refractivity contribution is 0.0543. The topological polar surface area (TPSA) is 77.2 Å². The molecule has 0 spiro atoms. The second-order valence-corrected chi connectivity index (χ2v) is 7.77. The number of nitrogens with zero attached hydrogens (tertiary/aromatic N) is 4. The number of anilines is 2. The van der Waals surface area contributed by atoms with Crippen LogP contribution < -0.4 is 10.6 Å². The van der Waals surface area contributed by atoms with Crippen LogP contribution in [0.3, 0.4) is 0 Å². The highest BCUT2D eigenvalue weighted by atomic mass is 16.5. The van der Waals surface area contributed by atoms with Crippen molar-refractivity contribution in [2.75, 3.05) is 30.4 Å². The number of ether oxygens (including phenoxy) is 1. The third-order valence-electron chi connectivity index (χ3n) is 4.93. The molecule has 0 bridgehead atoms. The van der Waals surface area contributed by atoms with E-state index in [1.165, 1.54) is 19.3 Å². The van der Waals surface area contributed by atoms with Gasteiger partial charge < -0.3 is 15.4 Å². The van der Waals surface area contributed by atoms with Gasteiger partial charge in [-0.2, -0.15) is 15.0 Å². The van der Waals surface area contributed by atoms with Crippen molar-refractivity contribution >= 4 is 11.9 Å². The van der Waals surface area contributed by atoms with Gasteiger partial charge in [0.25, 0.3) is 0 Å². The van der Waals surface area contributed by atoms with E-state index in [0.717, 1.165) is 44.4 Å². The van der Waals surface area contributed by atoms with Crippen molar-refractivity contribution in [1.29, 1.82) is 0 Å². The molecule has 0 amide bonds. The fourth-order valence-corrected chi connectivity index (χ4v) is 3.64. The third-order valence-corrected chi connectivity index (χ3v) is 4.93. The molecule has 1 aromatic heterocycles. The number of aromatic nitrogens is 3. The van der Waals surface area contributed by atoms with Gasteiger partial charge in [-0.1, -0.05) is 20.8 Å². The first-order chi connectivity index (χ1) is 10.9. The Balaban J connectivity index is 1.89. The number of hydrogen-bond acceptors (Lipinski definition) is 6. The smallest absolute Gasteiger partial charge is 0.230 e. The molecule has 2 saturated heterocycles. The summed E-state index contributed by atoms with van der Waals surface area (Å²) in [7, 11) is 0. The zero-order valence-corrected chi connectivity index (χ0v) is 14.6. The molecule has 1 aromatic rings. The Bertz CT molecular complexity index is 536. The molecule has 6 nitrogen and oxygen atoms in total. The van der Waals surface area contributed by atoms with E-state index in [1.807, 2.05) is 0 Å². The highest BCUT2D eigenvalue weighted by Crippen LogP contribution is 2.32. The summed E-state index contributed by atoms with van der Waals surface area (Å²) < 4.78 is 5.53. The van der Waals surface area contributed by atoms with E-state index >= 15 is 0 Å². The average Bonchev–Trinajstić information content (AvgIpc) is 2.54. The van der Waals surface area contributed by atoms with Crippen molar-refractivity contribution in [3.63, 3.8) is 0 Å². The van der Waals surface area contributed by atoms with Gasteiger partial charge in [0, 0.05) is 31.2 Å². The van der Waals surface area contributed by atoms with Crippen LogP contribution in [0, 0.1) is 5.92 Å². The Kier molecular flexibility index (Phi) is 4.71. The SMILES string of the molecule is CC(C)(C)c1nc(N)nc(N2CCCCC2C2CCOCC2)n1. The van der Waals surface area contributed by atoms with Crippen LogP contribution in [0.15, 0.2) is 0 Å². The molecule has 23 heavy (non-hydrogen) atoms. The largest absolute Gasteiger partial charge is 0.381 e. The molecule has 0 aliphatic carbocycles. The predicted molar refractivity (Wildman–Crippen MR) is 91.5 cm³/mol. The second kappa shape index (κ2) is 6.59. The summed E-state index contributed by atoms with van der Waals surface area (Å²) in [5.41, 5.74) is 5.85. The lowest BCUT2D eigenvalue weighted by atomic mass is 9.85. The quantitative estimate of drug-likeness (QED) is 0.902. The van der Waals surface area contributed by atoms with Crippen LogP contribution in [0.4, 0.5) is 11.9 Å². The fraction of sp³-hybridized carbons (Fsp3) is 0.824. The Hall–Kier alpha value is -1.43. The summed E-state index contributed by atoms with van der Waals surface area (Å²) in [6, 6.07) is 0.502. The van der Waals surface area contributed by atoms with Crippen molar-refractivity contribution in [1.82, 2.24) is 15.0 Å². The summed E-state index contributed by atoms with van der Waals surface area (Å²) >= 11 is 0. The number of nitrogen functional groups attached to an aromatic ring is 1. The fourth-order valence-electron chi connectivity index (χ4n) is 3.64. The van der Waals surface area contributed by atoms with Crippen molar-refractivity contribution in [3.05, 3.63) is 5.82 Å². The highest BCUT2D eigenvalue weighted by molar-refractivity contribution is 5.38. The van der Waals surface area contributed by atoms with E-state index < -0.39 is 0 Å². The molecule has 2 N–H and O–H groups in total. The van der Waals surface area contributed by atoms with Gasteiger partial charge in [-0.15, -0.1) is 0 Å². The van der Waals surface area contributed by atoms with E-state index in [4.69, 9.17) is 15.5 Å². The number of nitrogens with two attached hydrogens (primary N) is 1. The molecule has 2 fully saturated rings. The lowest BCUT2D eigenvalue weighted by Gasteiger charge is -2.42. The van der Waals surface area contributed by atoms with E-state index in [-0.39, 0.29) is 5.41 Å². The second-order valence-electron chi connectivity index (χ2n) is 7.77. The molecular formula is C17H29N5O. The van der Waals surface area contributed by atoms with Gasteiger partial charge >= 0.3 is 0 Å². The standard InChI is InChI=1S/C17H29N5O/c1-17(2,3)14-19-15(18)21-16(20-14)22-9-5-4-6-13(22)12-7-10-23-11-8-12/h12-13H,4-11H2,1-3H3,(H2,18,19,20,21). The average molecular weight is 319 g/mol. The first-order valence-corrected chi connectivity index (χ1v) is 8.81. The number of rotatable bonds is 2. The van der Waals surface area contributed by atoms with Crippen molar-refractivity contribution in [3.8, 4) is 0 Å². The molecule has 0 aromatic carbocycles. The molecule has 6 heteroatoms. The van der Waals surface area contributed by atoms with Crippen LogP contribution in [-0.2, 0) is 10.2 Å². The van der Waals surface area contributed by atoms with Crippen LogP contribution in [0.2, 0.25) is 0 Å². The molecule has 1 atom stereocenters. The molecule has 2 aliphatic heterocycles. The minimum Gasteiger partial charge on any atom is -0.381 e. The van der Waals surface area contributed by atoms with Crippen molar-refractivity contribution in [2.45, 2.75) is 64.3 Å². The maximum Gasteiger partial charge on any atom is 0.230 e. The van der Waals surface area contributed by atoms with Crippen molar-refractivity contribution < 1.29 is 4.74 Å². The number of piperidine rings is 1. The Labute approximate surface area is 138 Å². The maximum atomic E-state index is 5.98. The molecule has 128 valence electrons. The maximum absolute atomic E-state index is 5.98. The number of hydrogen-bond donors (Lipinski definition) is 1. The van der Waals surface area contributed by atoms with Crippen molar-refractivity contribution in [2.24, 2.45) is 5.92 Å². The van der Waals surface area contributed by atoms with E-state index in [2.05, 4.69) is 35.6 Å². The molecule has 0 saturated carbocycles. The van der Waals surface area contributed by atoms with Gasteiger partial charge in [0.15, 0.2) is 0 Å². The van der Waals surface area contributed by atoms with E-state index in [1.54, 1.807) is 0 Å². The normalized spacial score (nSPS) is 24.0. The van der Waals surface area contributed by atoms with E-state index in [0.29, 0.717) is 17.9 Å². The summed E-state index contributed by atoms with van der Waals surface area (Å²) in [4.78, 5) is 16.0. The Morgan fingerprint density at radius 1 is 1.04 bits per heavy atom. The Morgan fingerprint density at radius 2 is 1.78 bits per heavy atom. The molecule has 1 unspecified atom stereocenters. The molecule has 3 rings (SSSR count). The van der Waals surface area contributed by atoms with Gasteiger partial charge in [0.1, 0.15) is 5.82 Å². The predicted octanol–water partition coefficient (Wildman–Crippen LogP) is 2.54. The monoisotopic (exact) mass is 319 g/mol. The third kappa shape index (κ3) is 3.74. The van der Waals surface area contributed by atoms with Gasteiger partial charge in [-0.25, -0.2) is 0 Å².